The minimum atomic E-state index is 0.0101. The number of nitrogens with one attached hydrogen (secondary N) is 1. The van der Waals surface area contributed by atoms with Crippen LogP contribution in [0.4, 0.5) is 0 Å². The predicted octanol–water partition coefficient (Wildman–Crippen LogP) is 2.85. The molecule has 1 fully saturated rings. The highest BCUT2D eigenvalue weighted by molar-refractivity contribution is 5.93. The second kappa shape index (κ2) is 9.56. The van der Waals surface area contributed by atoms with Gasteiger partial charge < -0.3 is 19.9 Å². The number of carbonyl (C=O) groups is 1. The van der Waals surface area contributed by atoms with Gasteiger partial charge in [-0.05, 0) is 35.7 Å². The molecule has 0 bridgehead atoms. The van der Waals surface area contributed by atoms with Gasteiger partial charge in [-0.2, -0.15) is 0 Å². The molecule has 1 N–H and O–H groups in total. The third kappa shape index (κ3) is 5.15. The van der Waals surface area contributed by atoms with Crippen LogP contribution in [0.25, 0.3) is 0 Å². The molecule has 0 saturated carbocycles. The van der Waals surface area contributed by atoms with Gasteiger partial charge in [-0.25, -0.2) is 0 Å². The second-order valence-corrected chi connectivity index (χ2v) is 7.46. The lowest BCUT2D eigenvalue weighted by atomic mass is 10.0. The van der Waals surface area contributed by atoms with Crippen LogP contribution < -0.4 is 5.32 Å². The molecular formula is C23H30N4O2. The summed E-state index contributed by atoms with van der Waals surface area (Å²) in [6.45, 7) is 5.01. The van der Waals surface area contributed by atoms with Gasteiger partial charge in [0.05, 0.1) is 13.2 Å². The molecule has 1 aliphatic rings. The lowest BCUT2D eigenvalue weighted by Gasteiger charge is -2.35. The van der Waals surface area contributed by atoms with Gasteiger partial charge in [0.2, 0.25) is 0 Å². The van der Waals surface area contributed by atoms with Crippen LogP contribution >= 0.6 is 0 Å². The van der Waals surface area contributed by atoms with E-state index in [0.717, 1.165) is 24.6 Å². The number of guanidine groups is 1. The Balaban J connectivity index is 1.61. The summed E-state index contributed by atoms with van der Waals surface area (Å²) >= 11 is 0. The summed E-state index contributed by atoms with van der Waals surface area (Å²) in [6.07, 6.45) is 0.0415. The molecule has 1 heterocycles. The van der Waals surface area contributed by atoms with Crippen LogP contribution in [0.1, 0.15) is 33.2 Å². The van der Waals surface area contributed by atoms with E-state index in [2.05, 4.69) is 46.4 Å². The average Bonchev–Trinajstić information content (AvgIpc) is 2.74. The van der Waals surface area contributed by atoms with E-state index in [1.165, 1.54) is 11.1 Å². The molecule has 29 heavy (non-hydrogen) atoms. The first-order valence-electron chi connectivity index (χ1n) is 9.93. The van der Waals surface area contributed by atoms with E-state index in [-0.39, 0.29) is 12.0 Å². The fourth-order valence-corrected chi connectivity index (χ4v) is 3.51. The molecule has 0 aromatic heterocycles. The Bertz CT molecular complexity index is 861. The lowest BCUT2D eigenvalue weighted by Crippen LogP contribution is -2.48. The number of rotatable bonds is 4. The molecule has 2 aromatic rings. The first-order valence-corrected chi connectivity index (χ1v) is 9.93. The van der Waals surface area contributed by atoms with E-state index >= 15 is 0 Å². The van der Waals surface area contributed by atoms with Crippen LogP contribution in [0.5, 0.6) is 0 Å². The Morgan fingerprint density at radius 1 is 1.21 bits per heavy atom. The number of carbonyl (C=O) groups excluding carboxylic acids is 1. The number of aliphatic imine (C=N–C) groups is 1. The van der Waals surface area contributed by atoms with E-state index in [9.17, 15) is 4.79 Å². The zero-order valence-corrected chi connectivity index (χ0v) is 17.7. The number of nitrogens with zero attached hydrogens (tertiary/aromatic N) is 3. The highest BCUT2D eigenvalue weighted by atomic mass is 16.5. The van der Waals surface area contributed by atoms with Crippen molar-refractivity contribution in [2.45, 2.75) is 19.6 Å². The first kappa shape index (κ1) is 20.9. The maximum Gasteiger partial charge on any atom is 0.253 e. The first-order chi connectivity index (χ1) is 14.0. The Labute approximate surface area is 173 Å². The highest BCUT2D eigenvalue weighted by Gasteiger charge is 2.25. The fourth-order valence-electron chi connectivity index (χ4n) is 3.51. The van der Waals surface area contributed by atoms with Crippen LogP contribution in [0, 0.1) is 6.92 Å². The van der Waals surface area contributed by atoms with Gasteiger partial charge in [-0.15, -0.1) is 0 Å². The largest absolute Gasteiger partial charge is 0.370 e. The van der Waals surface area contributed by atoms with E-state index in [1.54, 1.807) is 26.0 Å². The van der Waals surface area contributed by atoms with Crippen molar-refractivity contribution < 1.29 is 9.53 Å². The van der Waals surface area contributed by atoms with Crippen molar-refractivity contribution in [2.75, 3.05) is 40.8 Å². The minimum Gasteiger partial charge on any atom is -0.370 e. The molecule has 1 saturated heterocycles. The zero-order chi connectivity index (χ0) is 20.8. The number of hydrogen-bond donors (Lipinski definition) is 1. The topological polar surface area (TPSA) is 57.2 Å². The van der Waals surface area contributed by atoms with Gasteiger partial charge in [0.25, 0.3) is 5.91 Å². The molecule has 1 amide bonds. The van der Waals surface area contributed by atoms with Crippen LogP contribution in [-0.4, -0.2) is 62.5 Å². The number of morpholine rings is 1. The molecule has 0 aliphatic carbocycles. The molecule has 6 heteroatoms. The van der Waals surface area contributed by atoms with Crippen molar-refractivity contribution >= 4 is 11.9 Å². The fraction of sp³-hybridized carbons (Fsp3) is 0.391. The Hall–Kier alpha value is -2.86. The maximum atomic E-state index is 12.0. The molecule has 6 nitrogen and oxygen atoms in total. The van der Waals surface area contributed by atoms with Crippen molar-refractivity contribution in [1.29, 1.82) is 0 Å². The van der Waals surface area contributed by atoms with Gasteiger partial charge in [0, 0.05) is 39.8 Å². The molecular weight excluding hydrogens is 364 g/mol. The monoisotopic (exact) mass is 394 g/mol. The summed E-state index contributed by atoms with van der Waals surface area (Å²) in [5.74, 6) is 0.871. The van der Waals surface area contributed by atoms with Crippen molar-refractivity contribution in [3.05, 3.63) is 70.8 Å². The number of hydrogen-bond acceptors (Lipinski definition) is 3. The van der Waals surface area contributed by atoms with E-state index in [1.807, 2.05) is 24.3 Å². The van der Waals surface area contributed by atoms with Crippen LogP contribution in [0.3, 0.4) is 0 Å². The summed E-state index contributed by atoms with van der Waals surface area (Å²) in [7, 11) is 5.32. The molecule has 0 spiro atoms. The molecule has 3 rings (SSSR count). The number of benzene rings is 2. The van der Waals surface area contributed by atoms with E-state index < -0.39 is 0 Å². The SMILES string of the molecule is CN=C(NCc1ccc(C(=O)N(C)C)cc1)N1CCOC(c2ccccc2C)C1. The van der Waals surface area contributed by atoms with Crippen molar-refractivity contribution in [1.82, 2.24) is 15.1 Å². The molecule has 1 atom stereocenters. The average molecular weight is 395 g/mol. The lowest BCUT2D eigenvalue weighted by molar-refractivity contribution is -0.00833. The Morgan fingerprint density at radius 3 is 2.59 bits per heavy atom. The highest BCUT2D eigenvalue weighted by Crippen LogP contribution is 2.25. The van der Waals surface area contributed by atoms with Gasteiger partial charge in [0.1, 0.15) is 6.10 Å². The maximum absolute atomic E-state index is 12.0. The zero-order valence-electron chi connectivity index (χ0n) is 17.7. The third-order valence-corrected chi connectivity index (χ3v) is 5.17. The van der Waals surface area contributed by atoms with Crippen LogP contribution in [0.2, 0.25) is 0 Å². The smallest absolute Gasteiger partial charge is 0.253 e. The quantitative estimate of drug-likeness (QED) is 0.640. The van der Waals surface area contributed by atoms with Gasteiger partial charge in [-0.3, -0.25) is 9.79 Å². The molecule has 1 aliphatic heterocycles. The van der Waals surface area contributed by atoms with Crippen LogP contribution in [-0.2, 0) is 11.3 Å². The number of ether oxygens (including phenoxy) is 1. The second-order valence-electron chi connectivity index (χ2n) is 7.46. The van der Waals surface area contributed by atoms with Crippen molar-refractivity contribution in [3.63, 3.8) is 0 Å². The summed E-state index contributed by atoms with van der Waals surface area (Å²) in [5.41, 5.74) is 4.27. The summed E-state index contributed by atoms with van der Waals surface area (Å²) in [4.78, 5) is 20.3. The minimum absolute atomic E-state index is 0.0101. The predicted molar refractivity (Wildman–Crippen MR) is 116 cm³/mol. The Morgan fingerprint density at radius 2 is 1.93 bits per heavy atom. The number of aryl methyl sites for hydroxylation is 1. The summed E-state index contributed by atoms with van der Waals surface area (Å²) in [5, 5.41) is 3.44. The van der Waals surface area contributed by atoms with Gasteiger partial charge in [-0.1, -0.05) is 36.4 Å². The van der Waals surface area contributed by atoms with Crippen molar-refractivity contribution in [3.8, 4) is 0 Å². The summed E-state index contributed by atoms with van der Waals surface area (Å²) in [6, 6.07) is 16.1. The van der Waals surface area contributed by atoms with E-state index in [0.29, 0.717) is 18.7 Å². The molecule has 154 valence electrons. The number of amides is 1. The van der Waals surface area contributed by atoms with Crippen molar-refractivity contribution in [2.24, 2.45) is 4.99 Å². The van der Waals surface area contributed by atoms with Gasteiger partial charge >= 0.3 is 0 Å². The molecule has 0 radical (unpaired) electrons. The summed E-state index contributed by atoms with van der Waals surface area (Å²) < 4.78 is 6.03. The van der Waals surface area contributed by atoms with E-state index in [4.69, 9.17) is 4.74 Å². The third-order valence-electron chi connectivity index (χ3n) is 5.17. The Kier molecular flexibility index (Phi) is 6.88. The molecule has 2 aromatic carbocycles. The van der Waals surface area contributed by atoms with Crippen LogP contribution in [0.15, 0.2) is 53.5 Å². The molecule has 1 unspecified atom stereocenters. The standard InChI is InChI=1S/C23H30N4O2/c1-17-7-5-6-8-20(17)21-16-27(13-14-29-21)23(24-2)25-15-18-9-11-19(12-10-18)22(28)26(3)4/h5-12,21H,13-16H2,1-4H3,(H,24,25). The normalized spacial score (nSPS) is 17.2. The van der Waals surface area contributed by atoms with Gasteiger partial charge in [0.15, 0.2) is 5.96 Å².